The number of aliphatic hydroxyl groups excluding tert-OH is 1. The number of esters is 1. The van der Waals surface area contributed by atoms with E-state index in [2.05, 4.69) is 32.1 Å². The molecule has 1 fully saturated rings. The van der Waals surface area contributed by atoms with Crippen molar-refractivity contribution in [3.05, 3.63) is 23.8 Å². The largest absolute Gasteiger partial charge is 0.462 e. The van der Waals surface area contributed by atoms with Crippen molar-refractivity contribution in [3.8, 4) is 0 Å². The Kier molecular flexibility index (Phi) is 7.33. The van der Waals surface area contributed by atoms with Gasteiger partial charge in [0.2, 0.25) is 0 Å². The van der Waals surface area contributed by atoms with Crippen molar-refractivity contribution in [1.82, 2.24) is 0 Å². The zero-order valence-corrected chi connectivity index (χ0v) is 18.0. The zero-order valence-electron chi connectivity index (χ0n) is 18.0. The van der Waals surface area contributed by atoms with Crippen LogP contribution < -0.4 is 5.73 Å². The van der Waals surface area contributed by atoms with Crippen LogP contribution in [0.2, 0.25) is 0 Å². The number of carbonyl (C=O) groups is 2. The summed E-state index contributed by atoms with van der Waals surface area (Å²) in [6.45, 7) is 6.43. The van der Waals surface area contributed by atoms with Crippen LogP contribution in [0.25, 0.3) is 0 Å². The third kappa shape index (κ3) is 5.37. The molecule has 0 saturated carbocycles. The number of Topliss-reactive ketones (excluding diaryl/α,β-unsaturated/α-hetero) is 1. The number of ketones is 1. The molecule has 0 radical (unpaired) electrons. The molecule has 2 aliphatic carbocycles. The second-order valence-electron chi connectivity index (χ2n) is 9.52. The Hall–Kier alpha value is -1.46. The molecule has 1 aliphatic heterocycles. The zero-order chi connectivity index (χ0) is 21.1. The van der Waals surface area contributed by atoms with E-state index in [-0.39, 0.29) is 30.3 Å². The topological polar surface area (TPSA) is 89.6 Å². The highest BCUT2D eigenvalue weighted by Gasteiger charge is 2.41. The van der Waals surface area contributed by atoms with E-state index < -0.39 is 6.10 Å². The minimum Gasteiger partial charge on any atom is -0.462 e. The van der Waals surface area contributed by atoms with Crippen molar-refractivity contribution in [3.63, 3.8) is 0 Å². The molecule has 29 heavy (non-hydrogen) atoms. The molecule has 5 heteroatoms. The summed E-state index contributed by atoms with van der Waals surface area (Å²) in [6, 6.07) is -0.363. The molecule has 1 heterocycles. The number of rotatable bonds is 7. The first-order valence-corrected chi connectivity index (χ1v) is 11.3. The fraction of sp³-hybridized carbons (Fsp3) is 0.750. The first-order valence-electron chi connectivity index (χ1n) is 11.3. The number of cyclic esters (lactones) is 1. The van der Waals surface area contributed by atoms with Gasteiger partial charge in [0, 0.05) is 12.8 Å². The van der Waals surface area contributed by atoms with Gasteiger partial charge in [0.15, 0.2) is 0 Å². The number of hydrogen-bond acceptors (Lipinski definition) is 5. The van der Waals surface area contributed by atoms with Gasteiger partial charge in [-0.3, -0.25) is 9.59 Å². The molecule has 1 saturated heterocycles. The second kappa shape index (κ2) is 9.57. The molecular weight excluding hydrogens is 366 g/mol. The Balaban J connectivity index is 1.74. The van der Waals surface area contributed by atoms with Crippen LogP contribution in [0.15, 0.2) is 23.8 Å². The first-order chi connectivity index (χ1) is 13.8. The third-order valence-electron chi connectivity index (χ3n) is 7.15. The van der Waals surface area contributed by atoms with E-state index in [1.165, 1.54) is 5.57 Å². The second-order valence-corrected chi connectivity index (χ2v) is 9.52. The summed E-state index contributed by atoms with van der Waals surface area (Å²) in [7, 11) is 0. The molecular formula is C24H37NO4. The van der Waals surface area contributed by atoms with E-state index in [9.17, 15) is 14.7 Å². The van der Waals surface area contributed by atoms with Gasteiger partial charge in [-0.15, -0.1) is 0 Å². The molecule has 162 valence electrons. The van der Waals surface area contributed by atoms with Crippen molar-refractivity contribution in [2.24, 2.45) is 35.3 Å². The van der Waals surface area contributed by atoms with E-state index in [0.29, 0.717) is 48.9 Å². The van der Waals surface area contributed by atoms with Crippen molar-refractivity contribution in [2.45, 2.75) is 84.0 Å². The number of aliphatic hydroxyl groups is 1. The lowest BCUT2D eigenvalue weighted by atomic mass is 9.61. The average molecular weight is 404 g/mol. The van der Waals surface area contributed by atoms with Gasteiger partial charge in [0.25, 0.3) is 0 Å². The SMILES string of the molecule is CCC(N)C(=O)C[C@H]1C[C@@H](C)C=C2C=CC(C)C(CCC3CC(O)CC(=O)O3)C21. The van der Waals surface area contributed by atoms with Crippen LogP contribution >= 0.6 is 0 Å². The van der Waals surface area contributed by atoms with Gasteiger partial charge in [-0.1, -0.05) is 39.0 Å². The highest BCUT2D eigenvalue weighted by Crippen LogP contribution is 2.48. The number of hydrogen-bond donors (Lipinski definition) is 2. The summed E-state index contributed by atoms with van der Waals surface area (Å²) in [4.78, 5) is 24.3. The lowest BCUT2D eigenvalue weighted by molar-refractivity contribution is -0.160. The van der Waals surface area contributed by atoms with Crippen LogP contribution in [0.5, 0.6) is 0 Å². The lowest BCUT2D eigenvalue weighted by Crippen LogP contribution is -2.39. The van der Waals surface area contributed by atoms with Gasteiger partial charge in [0.05, 0.1) is 18.6 Å². The van der Waals surface area contributed by atoms with E-state index in [1.54, 1.807) is 0 Å². The van der Waals surface area contributed by atoms with Crippen LogP contribution in [0.4, 0.5) is 0 Å². The number of allylic oxidation sites excluding steroid dienone is 4. The van der Waals surface area contributed by atoms with Crippen LogP contribution in [-0.2, 0) is 14.3 Å². The summed E-state index contributed by atoms with van der Waals surface area (Å²) < 4.78 is 5.47. The molecule has 5 nitrogen and oxygen atoms in total. The van der Waals surface area contributed by atoms with Crippen LogP contribution in [0.3, 0.4) is 0 Å². The van der Waals surface area contributed by atoms with E-state index in [1.807, 2.05) is 6.92 Å². The van der Waals surface area contributed by atoms with Crippen LogP contribution in [0.1, 0.15) is 65.7 Å². The van der Waals surface area contributed by atoms with Gasteiger partial charge in [-0.05, 0) is 60.8 Å². The Morgan fingerprint density at radius 3 is 2.76 bits per heavy atom. The van der Waals surface area contributed by atoms with E-state index >= 15 is 0 Å². The van der Waals surface area contributed by atoms with Gasteiger partial charge >= 0.3 is 5.97 Å². The van der Waals surface area contributed by atoms with Gasteiger partial charge in [0.1, 0.15) is 11.9 Å². The van der Waals surface area contributed by atoms with Gasteiger partial charge < -0.3 is 15.6 Å². The van der Waals surface area contributed by atoms with Crippen LogP contribution in [0, 0.1) is 29.6 Å². The minimum absolute atomic E-state index is 0.105. The Bertz CT molecular complexity index is 670. The maximum Gasteiger partial charge on any atom is 0.308 e. The molecule has 6 unspecified atom stereocenters. The summed E-state index contributed by atoms with van der Waals surface area (Å²) in [5, 5.41) is 9.90. The fourth-order valence-electron chi connectivity index (χ4n) is 5.61. The average Bonchev–Trinajstić information content (AvgIpc) is 2.65. The Labute approximate surface area is 174 Å². The van der Waals surface area contributed by atoms with Gasteiger partial charge in [-0.2, -0.15) is 0 Å². The fourth-order valence-corrected chi connectivity index (χ4v) is 5.61. The summed E-state index contributed by atoms with van der Waals surface area (Å²) in [5.74, 6) is 1.82. The third-order valence-corrected chi connectivity index (χ3v) is 7.15. The predicted molar refractivity (Wildman–Crippen MR) is 113 cm³/mol. The molecule has 0 aromatic heterocycles. The van der Waals surface area contributed by atoms with E-state index in [4.69, 9.17) is 10.5 Å². The Morgan fingerprint density at radius 2 is 2.07 bits per heavy atom. The number of nitrogens with two attached hydrogens (primary N) is 1. The van der Waals surface area contributed by atoms with Crippen molar-refractivity contribution in [2.75, 3.05) is 0 Å². The molecule has 3 N–H and O–H groups in total. The molecule has 0 spiro atoms. The highest BCUT2D eigenvalue weighted by atomic mass is 16.5. The molecule has 0 amide bonds. The smallest absolute Gasteiger partial charge is 0.308 e. The highest BCUT2D eigenvalue weighted by molar-refractivity contribution is 5.84. The van der Waals surface area contributed by atoms with Crippen molar-refractivity contribution < 1.29 is 19.4 Å². The molecule has 0 aromatic rings. The molecule has 3 rings (SSSR count). The summed E-state index contributed by atoms with van der Waals surface area (Å²) >= 11 is 0. The molecule has 0 aromatic carbocycles. The van der Waals surface area contributed by atoms with Crippen molar-refractivity contribution >= 4 is 11.8 Å². The van der Waals surface area contributed by atoms with Crippen LogP contribution in [-0.4, -0.2) is 35.1 Å². The number of carbonyl (C=O) groups excluding carboxylic acids is 2. The van der Waals surface area contributed by atoms with Gasteiger partial charge in [-0.25, -0.2) is 0 Å². The maximum absolute atomic E-state index is 12.6. The minimum atomic E-state index is -0.586. The monoisotopic (exact) mass is 403 g/mol. The maximum atomic E-state index is 12.6. The number of fused-ring (bicyclic) bond motifs is 1. The van der Waals surface area contributed by atoms with E-state index in [0.717, 1.165) is 19.3 Å². The normalized spacial score (nSPS) is 38.0. The standard InChI is InChI=1S/C24H37NO4/c1-4-21(25)22(27)11-17-10-14(2)9-16-6-5-15(3)20(24(16)17)8-7-19-12-18(26)13-23(28)29-19/h5-6,9,14-15,17-21,24,26H,4,7-8,10-13,25H2,1-3H3/t14-,15?,17+,18?,19?,20?,21?,24?/m0/s1. The molecule has 3 aliphatic rings. The summed E-state index contributed by atoms with van der Waals surface area (Å²) in [6.07, 6.45) is 10.7. The lowest BCUT2D eigenvalue weighted by Gasteiger charge is -2.44. The molecule has 0 bridgehead atoms. The molecule has 8 atom stereocenters. The summed E-state index contributed by atoms with van der Waals surface area (Å²) in [5.41, 5.74) is 7.39. The predicted octanol–water partition coefficient (Wildman–Crippen LogP) is 3.55. The first kappa shape index (κ1) is 22.2. The number of ether oxygens (including phenoxy) is 1. The quantitative estimate of drug-likeness (QED) is 0.635. The Morgan fingerprint density at radius 1 is 1.31 bits per heavy atom. The van der Waals surface area contributed by atoms with Crippen molar-refractivity contribution in [1.29, 1.82) is 0 Å².